The number of nitrogens with zero attached hydrogens (tertiary/aromatic N) is 1. The average Bonchev–Trinajstić information content (AvgIpc) is 3.01. The van der Waals surface area contributed by atoms with Gasteiger partial charge in [0, 0.05) is 6.07 Å². The third-order valence-corrected chi connectivity index (χ3v) is 5.51. The van der Waals surface area contributed by atoms with Gasteiger partial charge in [-0.3, -0.25) is 9.69 Å². The minimum atomic E-state index is -0.212. The minimum absolute atomic E-state index is 0.212. The largest absolute Gasteiger partial charge is 0.497 e. The standard InChI is InChI=1S/C21H21NO5S2/c1-5-27-16-9-6-13(10-18(16)26-4)11-19-20(23)22(21(28)29-19)15-8-7-14(24-2)12-17(15)25-3/h6-12H,5H2,1-4H3/b19-11-. The number of carbonyl (C=O) groups is 1. The fraction of sp³-hybridized carbons (Fsp3) is 0.238. The zero-order chi connectivity index (χ0) is 21.0. The van der Waals surface area contributed by atoms with Crippen LogP contribution in [0.25, 0.3) is 6.08 Å². The number of thioether (sulfide) groups is 1. The van der Waals surface area contributed by atoms with Crippen LogP contribution in [-0.4, -0.2) is 38.2 Å². The van der Waals surface area contributed by atoms with Crippen LogP contribution in [0, 0.1) is 0 Å². The number of thiocarbonyl (C=S) groups is 1. The third-order valence-electron chi connectivity index (χ3n) is 4.21. The number of amides is 1. The van der Waals surface area contributed by atoms with Gasteiger partial charge in [0.1, 0.15) is 11.5 Å². The molecule has 0 bridgehead atoms. The Morgan fingerprint density at radius 1 is 1.00 bits per heavy atom. The van der Waals surface area contributed by atoms with Crippen LogP contribution in [-0.2, 0) is 4.79 Å². The van der Waals surface area contributed by atoms with Crippen LogP contribution in [0.5, 0.6) is 23.0 Å². The third kappa shape index (κ3) is 4.33. The van der Waals surface area contributed by atoms with E-state index in [9.17, 15) is 4.79 Å². The summed E-state index contributed by atoms with van der Waals surface area (Å²) in [5, 5.41) is 0. The summed E-state index contributed by atoms with van der Waals surface area (Å²) in [6, 6.07) is 10.7. The monoisotopic (exact) mass is 431 g/mol. The number of benzene rings is 2. The molecule has 0 saturated carbocycles. The van der Waals surface area contributed by atoms with E-state index >= 15 is 0 Å². The van der Waals surface area contributed by atoms with Gasteiger partial charge >= 0.3 is 0 Å². The smallest absolute Gasteiger partial charge is 0.270 e. The summed E-state index contributed by atoms with van der Waals surface area (Å²) in [6.45, 7) is 2.45. The first-order valence-corrected chi connectivity index (χ1v) is 10.1. The van der Waals surface area contributed by atoms with Gasteiger partial charge < -0.3 is 18.9 Å². The molecule has 29 heavy (non-hydrogen) atoms. The highest BCUT2D eigenvalue weighted by Gasteiger charge is 2.35. The lowest BCUT2D eigenvalue weighted by Crippen LogP contribution is -2.27. The molecule has 1 aliphatic rings. The van der Waals surface area contributed by atoms with Crippen molar-refractivity contribution in [3.8, 4) is 23.0 Å². The van der Waals surface area contributed by atoms with E-state index in [0.717, 1.165) is 5.56 Å². The number of anilines is 1. The van der Waals surface area contributed by atoms with E-state index in [-0.39, 0.29) is 5.91 Å². The molecule has 2 aromatic carbocycles. The maximum atomic E-state index is 13.1. The van der Waals surface area contributed by atoms with Crippen LogP contribution in [0.4, 0.5) is 5.69 Å². The number of methoxy groups -OCH3 is 3. The van der Waals surface area contributed by atoms with Crippen molar-refractivity contribution in [3.63, 3.8) is 0 Å². The second-order valence-electron chi connectivity index (χ2n) is 5.90. The van der Waals surface area contributed by atoms with Gasteiger partial charge in [-0.05, 0) is 42.8 Å². The van der Waals surface area contributed by atoms with E-state index in [0.29, 0.717) is 44.5 Å². The Hall–Kier alpha value is -2.71. The number of hydrogen-bond acceptors (Lipinski definition) is 7. The maximum Gasteiger partial charge on any atom is 0.270 e. The van der Waals surface area contributed by atoms with E-state index in [1.165, 1.54) is 23.8 Å². The predicted octanol–water partition coefficient (Wildman–Crippen LogP) is 4.52. The first kappa shape index (κ1) is 21.0. The predicted molar refractivity (Wildman–Crippen MR) is 119 cm³/mol. The van der Waals surface area contributed by atoms with Crippen molar-refractivity contribution >= 4 is 46.0 Å². The summed E-state index contributed by atoms with van der Waals surface area (Å²) >= 11 is 6.70. The van der Waals surface area contributed by atoms with Crippen molar-refractivity contribution in [2.75, 3.05) is 32.8 Å². The molecule has 8 heteroatoms. The quantitative estimate of drug-likeness (QED) is 0.472. The Labute approximate surface area is 179 Å². The molecule has 1 heterocycles. The number of ether oxygens (including phenoxy) is 4. The first-order chi connectivity index (χ1) is 14.0. The van der Waals surface area contributed by atoms with Crippen molar-refractivity contribution in [1.82, 2.24) is 0 Å². The lowest BCUT2D eigenvalue weighted by molar-refractivity contribution is -0.113. The lowest BCUT2D eigenvalue weighted by Gasteiger charge is -2.18. The van der Waals surface area contributed by atoms with E-state index in [2.05, 4.69) is 0 Å². The second-order valence-corrected chi connectivity index (χ2v) is 7.57. The molecule has 0 N–H and O–H groups in total. The Balaban J connectivity index is 1.93. The van der Waals surface area contributed by atoms with Crippen LogP contribution in [0.15, 0.2) is 41.3 Å². The zero-order valence-corrected chi connectivity index (χ0v) is 18.2. The highest BCUT2D eigenvalue weighted by molar-refractivity contribution is 8.27. The molecule has 3 rings (SSSR count). The van der Waals surface area contributed by atoms with Crippen molar-refractivity contribution in [1.29, 1.82) is 0 Å². The number of hydrogen-bond donors (Lipinski definition) is 0. The highest BCUT2D eigenvalue weighted by Crippen LogP contribution is 2.41. The van der Waals surface area contributed by atoms with Crippen molar-refractivity contribution in [3.05, 3.63) is 46.9 Å². The summed E-state index contributed by atoms with van der Waals surface area (Å²) in [6.07, 6.45) is 1.79. The molecule has 2 aromatic rings. The van der Waals surface area contributed by atoms with Gasteiger partial charge in [0.05, 0.1) is 38.5 Å². The molecule has 0 unspecified atom stereocenters. The van der Waals surface area contributed by atoms with Crippen molar-refractivity contribution in [2.24, 2.45) is 0 Å². The highest BCUT2D eigenvalue weighted by atomic mass is 32.2. The fourth-order valence-electron chi connectivity index (χ4n) is 2.85. The molecule has 0 radical (unpaired) electrons. The number of rotatable bonds is 7. The van der Waals surface area contributed by atoms with Gasteiger partial charge in [0.15, 0.2) is 15.8 Å². The molecule has 1 aliphatic heterocycles. The van der Waals surface area contributed by atoms with E-state index in [1.54, 1.807) is 38.5 Å². The van der Waals surface area contributed by atoms with Gasteiger partial charge in [0.2, 0.25) is 0 Å². The molecule has 6 nitrogen and oxygen atoms in total. The van der Waals surface area contributed by atoms with Gasteiger partial charge in [-0.15, -0.1) is 0 Å². The van der Waals surface area contributed by atoms with E-state index < -0.39 is 0 Å². The molecule has 0 spiro atoms. The molecule has 0 atom stereocenters. The topological polar surface area (TPSA) is 57.2 Å². The molecule has 152 valence electrons. The summed E-state index contributed by atoms with van der Waals surface area (Å²) in [5.74, 6) is 2.18. The normalized spacial score (nSPS) is 15.0. The Bertz CT molecular complexity index is 974. The SMILES string of the molecule is CCOc1ccc(/C=C2\SC(=S)N(c3ccc(OC)cc3OC)C2=O)cc1OC. The van der Waals surface area contributed by atoms with Gasteiger partial charge in [-0.1, -0.05) is 30.0 Å². The maximum absolute atomic E-state index is 13.1. The summed E-state index contributed by atoms with van der Waals surface area (Å²) in [4.78, 5) is 15.1. The Kier molecular flexibility index (Phi) is 6.66. The molecule has 1 fully saturated rings. The van der Waals surface area contributed by atoms with E-state index in [4.69, 9.17) is 31.2 Å². The van der Waals surface area contributed by atoms with Gasteiger partial charge in [-0.25, -0.2) is 0 Å². The molecule has 1 amide bonds. The Morgan fingerprint density at radius 3 is 2.41 bits per heavy atom. The summed E-state index contributed by atoms with van der Waals surface area (Å²) in [7, 11) is 4.69. The van der Waals surface area contributed by atoms with Crippen LogP contribution in [0.1, 0.15) is 12.5 Å². The molecular formula is C21H21NO5S2. The van der Waals surface area contributed by atoms with Crippen LogP contribution in [0.3, 0.4) is 0 Å². The minimum Gasteiger partial charge on any atom is -0.497 e. The molecule has 0 aliphatic carbocycles. The lowest BCUT2D eigenvalue weighted by atomic mass is 10.1. The summed E-state index contributed by atoms with van der Waals surface area (Å²) in [5.41, 5.74) is 1.39. The fourth-order valence-corrected chi connectivity index (χ4v) is 4.13. The Morgan fingerprint density at radius 2 is 1.76 bits per heavy atom. The van der Waals surface area contributed by atoms with Crippen LogP contribution >= 0.6 is 24.0 Å². The van der Waals surface area contributed by atoms with Crippen LogP contribution in [0.2, 0.25) is 0 Å². The number of carbonyl (C=O) groups excluding carboxylic acids is 1. The second kappa shape index (κ2) is 9.19. The molecule has 0 aromatic heterocycles. The van der Waals surface area contributed by atoms with Crippen molar-refractivity contribution < 1.29 is 23.7 Å². The zero-order valence-electron chi connectivity index (χ0n) is 16.6. The van der Waals surface area contributed by atoms with Crippen LogP contribution < -0.4 is 23.8 Å². The van der Waals surface area contributed by atoms with Gasteiger partial charge in [-0.2, -0.15) is 0 Å². The van der Waals surface area contributed by atoms with Crippen molar-refractivity contribution in [2.45, 2.75) is 6.92 Å². The molecule has 1 saturated heterocycles. The van der Waals surface area contributed by atoms with E-state index in [1.807, 2.05) is 25.1 Å². The van der Waals surface area contributed by atoms with Gasteiger partial charge in [0.25, 0.3) is 5.91 Å². The first-order valence-electron chi connectivity index (χ1n) is 8.83. The molecular weight excluding hydrogens is 410 g/mol. The average molecular weight is 432 g/mol. The summed E-state index contributed by atoms with van der Waals surface area (Å²) < 4.78 is 22.0.